The predicted octanol–water partition coefficient (Wildman–Crippen LogP) is 2.24. The van der Waals surface area contributed by atoms with E-state index in [1.165, 1.54) is 5.56 Å². The first-order chi connectivity index (χ1) is 7.67. The van der Waals surface area contributed by atoms with E-state index >= 15 is 0 Å². The third-order valence-corrected chi connectivity index (χ3v) is 2.40. The highest BCUT2D eigenvalue weighted by Gasteiger charge is 2.06. The predicted molar refractivity (Wildman–Crippen MR) is 66.3 cm³/mol. The zero-order valence-corrected chi connectivity index (χ0v) is 10.5. The van der Waals surface area contributed by atoms with Crippen LogP contribution in [0, 0.1) is 12.8 Å². The smallest absolute Gasteiger partial charge is 0.161 e. The monoisotopic (exact) mass is 223 g/mol. The van der Waals surface area contributed by atoms with Crippen LogP contribution in [0.5, 0.6) is 11.5 Å². The molecule has 1 aromatic rings. The lowest BCUT2D eigenvalue weighted by molar-refractivity contribution is 0.246. The molecular weight excluding hydrogens is 202 g/mol. The van der Waals surface area contributed by atoms with Crippen LogP contribution in [0.2, 0.25) is 0 Å². The Morgan fingerprint density at radius 1 is 1.31 bits per heavy atom. The van der Waals surface area contributed by atoms with Gasteiger partial charge in [0.1, 0.15) is 0 Å². The number of hydrogen-bond acceptors (Lipinski definition) is 3. The molecule has 16 heavy (non-hydrogen) atoms. The van der Waals surface area contributed by atoms with Gasteiger partial charge in [0.25, 0.3) is 0 Å². The van der Waals surface area contributed by atoms with Crippen molar-refractivity contribution in [1.82, 2.24) is 5.32 Å². The molecule has 1 aromatic carbocycles. The molecule has 0 spiro atoms. The molecule has 0 radical (unpaired) electrons. The van der Waals surface area contributed by atoms with Crippen LogP contribution in [-0.4, -0.2) is 27.3 Å². The lowest BCUT2D eigenvalue weighted by atomic mass is 10.2. The number of ether oxygens (including phenoxy) is 2. The van der Waals surface area contributed by atoms with Crippen molar-refractivity contribution in [3.63, 3.8) is 0 Å². The molecule has 0 saturated heterocycles. The molecule has 0 aliphatic rings. The summed E-state index contributed by atoms with van der Waals surface area (Å²) in [6, 6.07) is 5.97. The van der Waals surface area contributed by atoms with Gasteiger partial charge in [0.15, 0.2) is 11.5 Å². The highest BCUT2D eigenvalue weighted by atomic mass is 16.5. The van der Waals surface area contributed by atoms with Gasteiger partial charge in [-0.2, -0.15) is 0 Å². The van der Waals surface area contributed by atoms with E-state index < -0.39 is 0 Å². The van der Waals surface area contributed by atoms with Gasteiger partial charge in [0.2, 0.25) is 0 Å². The van der Waals surface area contributed by atoms with Crippen LogP contribution >= 0.6 is 0 Å². The van der Waals surface area contributed by atoms with Crippen molar-refractivity contribution in [2.24, 2.45) is 5.92 Å². The van der Waals surface area contributed by atoms with Gasteiger partial charge in [-0.3, -0.25) is 0 Å². The number of rotatable bonds is 6. The molecule has 0 amide bonds. The standard InChI is InChI=1S/C13H21NO2/c1-10-5-6-12(13(7-10)15-4)16-9-11(2)8-14-3/h5-7,11,14H,8-9H2,1-4H3. The van der Waals surface area contributed by atoms with Crippen molar-refractivity contribution in [2.45, 2.75) is 13.8 Å². The van der Waals surface area contributed by atoms with E-state index in [1.54, 1.807) is 7.11 Å². The van der Waals surface area contributed by atoms with Gasteiger partial charge in [-0.25, -0.2) is 0 Å². The van der Waals surface area contributed by atoms with E-state index in [-0.39, 0.29) is 0 Å². The SMILES string of the molecule is CNCC(C)COc1ccc(C)cc1OC. The largest absolute Gasteiger partial charge is 0.493 e. The van der Waals surface area contributed by atoms with E-state index in [9.17, 15) is 0 Å². The van der Waals surface area contributed by atoms with Crippen molar-refractivity contribution in [3.8, 4) is 11.5 Å². The third kappa shape index (κ3) is 3.74. The van der Waals surface area contributed by atoms with Crippen LogP contribution in [-0.2, 0) is 0 Å². The van der Waals surface area contributed by atoms with Crippen LogP contribution in [0.25, 0.3) is 0 Å². The van der Waals surface area contributed by atoms with Gasteiger partial charge < -0.3 is 14.8 Å². The maximum Gasteiger partial charge on any atom is 0.161 e. The van der Waals surface area contributed by atoms with Gasteiger partial charge in [0, 0.05) is 12.5 Å². The lowest BCUT2D eigenvalue weighted by Crippen LogP contribution is -2.21. The number of aryl methyl sites for hydroxylation is 1. The summed E-state index contributed by atoms with van der Waals surface area (Å²) in [5, 5.41) is 3.13. The Hall–Kier alpha value is -1.22. The summed E-state index contributed by atoms with van der Waals surface area (Å²) >= 11 is 0. The van der Waals surface area contributed by atoms with Crippen molar-refractivity contribution < 1.29 is 9.47 Å². The van der Waals surface area contributed by atoms with Crippen molar-refractivity contribution in [2.75, 3.05) is 27.3 Å². The topological polar surface area (TPSA) is 30.5 Å². The fourth-order valence-electron chi connectivity index (χ4n) is 1.53. The second-order valence-electron chi connectivity index (χ2n) is 4.13. The zero-order valence-electron chi connectivity index (χ0n) is 10.5. The number of nitrogens with one attached hydrogen (secondary N) is 1. The molecular formula is C13H21NO2. The Bertz CT molecular complexity index is 326. The Kier molecular flexibility index (Phi) is 5.12. The van der Waals surface area contributed by atoms with Crippen molar-refractivity contribution >= 4 is 0 Å². The summed E-state index contributed by atoms with van der Waals surface area (Å²) in [6.45, 7) is 5.83. The molecule has 3 heteroatoms. The van der Waals surface area contributed by atoms with Crippen LogP contribution in [0.4, 0.5) is 0 Å². The van der Waals surface area contributed by atoms with Gasteiger partial charge >= 0.3 is 0 Å². The fraction of sp³-hybridized carbons (Fsp3) is 0.538. The summed E-state index contributed by atoms with van der Waals surface area (Å²) in [5.41, 5.74) is 1.17. The molecule has 0 aliphatic heterocycles. The minimum atomic E-state index is 0.482. The average Bonchev–Trinajstić information content (AvgIpc) is 2.27. The minimum Gasteiger partial charge on any atom is -0.493 e. The van der Waals surface area contributed by atoms with Gasteiger partial charge in [-0.15, -0.1) is 0 Å². The molecule has 3 nitrogen and oxygen atoms in total. The van der Waals surface area contributed by atoms with Crippen LogP contribution in [0.3, 0.4) is 0 Å². The maximum atomic E-state index is 5.73. The second-order valence-corrected chi connectivity index (χ2v) is 4.13. The first-order valence-corrected chi connectivity index (χ1v) is 5.59. The van der Waals surface area contributed by atoms with Crippen molar-refractivity contribution in [1.29, 1.82) is 0 Å². The molecule has 0 saturated carbocycles. The normalized spacial score (nSPS) is 12.2. The highest BCUT2D eigenvalue weighted by molar-refractivity contribution is 5.42. The van der Waals surface area contributed by atoms with Crippen LogP contribution < -0.4 is 14.8 Å². The molecule has 0 aliphatic carbocycles. The third-order valence-electron chi connectivity index (χ3n) is 2.40. The Morgan fingerprint density at radius 3 is 2.69 bits per heavy atom. The Morgan fingerprint density at radius 2 is 2.06 bits per heavy atom. The maximum absolute atomic E-state index is 5.73. The quantitative estimate of drug-likeness (QED) is 0.802. The van der Waals surface area contributed by atoms with E-state index in [4.69, 9.17) is 9.47 Å². The molecule has 1 rings (SSSR count). The van der Waals surface area contributed by atoms with E-state index in [0.717, 1.165) is 18.0 Å². The number of hydrogen-bond donors (Lipinski definition) is 1. The van der Waals surface area contributed by atoms with E-state index in [2.05, 4.69) is 12.2 Å². The molecule has 1 unspecified atom stereocenters. The summed E-state index contributed by atoms with van der Waals surface area (Å²) in [5.74, 6) is 2.10. The van der Waals surface area contributed by atoms with Crippen LogP contribution in [0.15, 0.2) is 18.2 Å². The van der Waals surface area contributed by atoms with Crippen molar-refractivity contribution in [3.05, 3.63) is 23.8 Å². The number of benzene rings is 1. The minimum absolute atomic E-state index is 0.482. The van der Waals surface area contributed by atoms with E-state index in [1.807, 2.05) is 32.2 Å². The van der Waals surface area contributed by atoms with Gasteiger partial charge in [-0.1, -0.05) is 13.0 Å². The number of methoxy groups -OCH3 is 1. The first kappa shape index (κ1) is 12.8. The molecule has 0 fully saturated rings. The average molecular weight is 223 g/mol. The zero-order chi connectivity index (χ0) is 12.0. The molecule has 1 N–H and O–H groups in total. The summed E-state index contributed by atoms with van der Waals surface area (Å²) < 4.78 is 11.0. The second kappa shape index (κ2) is 6.38. The molecule has 0 bridgehead atoms. The summed E-state index contributed by atoms with van der Waals surface area (Å²) in [4.78, 5) is 0. The van der Waals surface area contributed by atoms with Gasteiger partial charge in [-0.05, 0) is 31.7 Å². The van der Waals surface area contributed by atoms with Crippen LogP contribution in [0.1, 0.15) is 12.5 Å². The lowest BCUT2D eigenvalue weighted by Gasteiger charge is -2.15. The molecule has 1 atom stereocenters. The summed E-state index contributed by atoms with van der Waals surface area (Å²) in [7, 11) is 3.61. The highest BCUT2D eigenvalue weighted by Crippen LogP contribution is 2.27. The molecule has 0 aromatic heterocycles. The van der Waals surface area contributed by atoms with E-state index in [0.29, 0.717) is 12.5 Å². The fourth-order valence-corrected chi connectivity index (χ4v) is 1.53. The Balaban J connectivity index is 2.59. The first-order valence-electron chi connectivity index (χ1n) is 5.59. The molecule has 90 valence electrons. The summed E-state index contributed by atoms with van der Waals surface area (Å²) in [6.07, 6.45) is 0. The Labute approximate surface area is 97.8 Å². The van der Waals surface area contributed by atoms with Gasteiger partial charge in [0.05, 0.1) is 13.7 Å². The molecule has 0 heterocycles.